The van der Waals surface area contributed by atoms with E-state index in [1.54, 1.807) is 7.05 Å². The number of aliphatic hydroxyl groups excluding tert-OH is 1. The molecular formula is C19H23N5O3S. The van der Waals surface area contributed by atoms with Crippen molar-refractivity contribution in [3.63, 3.8) is 0 Å². The highest BCUT2D eigenvalue weighted by Crippen LogP contribution is 2.30. The van der Waals surface area contributed by atoms with Crippen LogP contribution in [0.5, 0.6) is 0 Å². The number of rotatable bonds is 7. The highest BCUT2D eigenvalue weighted by atomic mass is 32.1. The number of carbonyl (C=O) groups excluding carboxylic acids is 2. The first-order valence-corrected chi connectivity index (χ1v) is 9.75. The normalized spacial score (nSPS) is 10.8. The van der Waals surface area contributed by atoms with Gasteiger partial charge in [0.2, 0.25) is 0 Å². The van der Waals surface area contributed by atoms with Gasteiger partial charge in [-0.15, -0.1) is 11.3 Å². The van der Waals surface area contributed by atoms with Crippen molar-refractivity contribution < 1.29 is 14.7 Å². The molecule has 3 rings (SSSR count). The number of benzene rings is 1. The minimum Gasteiger partial charge on any atom is -0.395 e. The molecule has 2 heterocycles. The molecule has 3 aromatic rings. The topological polar surface area (TPSA) is 99.5 Å². The molecular weight excluding hydrogens is 378 g/mol. The zero-order valence-corrected chi connectivity index (χ0v) is 16.6. The number of aliphatic hydroxyl groups is 1. The summed E-state index contributed by atoms with van der Waals surface area (Å²) in [7, 11) is 1.60. The lowest BCUT2D eigenvalue weighted by Gasteiger charge is -2.16. The average Bonchev–Trinajstić information content (AvgIpc) is 3.26. The number of likely N-dealkylation sites (N-methyl/N-ethyl adjacent to an activating group) is 1. The van der Waals surface area contributed by atoms with Gasteiger partial charge in [0, 0.05) is 32.1 Å². The van der Waals surface area contributed by atoms with Crippen molar-refractivity contribution in [3.05, 3.63) is 47.0 Å². The van der Waals surface area contributed by atoms with Gasteiger partial charge in [0.25, 0.3) is 5.91 Å². The number of hydrogen-bond acceptors (Lipinski definition) is 5. The van der Waals surface area contributed by atoms with Crippen LogP contribution in [0.2, 0.25) is 0 Å². The van der Waals surface area contributed by atoms with Crippen molar-refractivity contribution in [2.75, 3.05) is 33.3 Å². The minimum absolute atomic E-state index is 0.0909. The smallest absolute Gasteiger partial charge is 0.317 e. The number of aromatic nitrogens is 2. The lowest BCUT2D eigenvalue weighted by Crippen LogP contribution is -2.42. The van der Waals surface area contributed by atoms with Crippen LogP contribution in [-0.4, -0.2) is 65.0 Å². The van der Waals surface area contributed by atoms with Gasteiger partial charge in [-0.05, 0) is 25.1 Å². The first kappa shape index (κ1) is 19.8. The highest BCUT2D eigenvalue weighted by Gasteiger charge is 2.17. The Morgan fingerprint density at radius 3 is 2.64 bits per heavy atom. The maximum absolute atomic E-state index is 12.5. The molecule has 0 saturated carbocycles. The van der Waals surface area contributed by atoms with Gasteiger partial charge in [-0.25, -0.2) is 9.48 Å². The van der Waals surface area contributed by atoms with E-state index in [2.05, 4.69) is 15.7 Å². The van der Waals surface area contributed by atoms with Gasteiger partial charge in [-0.1, -0.05) is 18.2 Å². The number of fused-ring (bicyclic) bond motifs is 1. The zero-order chi connectivity index (χ0) is 20.1. The Balaban J connectivity index is 1.63. The van der Waals surface area contributed by atoms with E-state index in [0.29, 0.717) is 18.0 Å². The maximum atomic E-state index is 12.5. The van der Waals surface area contributed by atoms with Crippen LogP contribution in [0.3, 0.4) is 0 Å². The lowest BCUT2D eigenvalue weighted by atomic mass is 10.3. The summed E-state index contributed by atoms with van der Waals surface area (Å²) < 4.78 is 1.85. The quantitative estimate of drug-likeness (QED) is 0.525. The van der Waals surface area contributed by atoms with Crippen LogP contribution in [0.15, 0.2) is 36.4 Å². The van der Waals surface area contributed by atoms with Gasteiger partial charge >= 0.3 is 6.03 Å². The van der Waals surface area contributed by atoms with Gasteiger partial charge in [-0.2, -0.15) is 5.10 Å². The fraction of sp³-hybridized carbons (Fsp3) is 0.316. The lowest BCUT2D eigenvalue weighted by molar-refractivity contribution is 0.0957. The van der Waals surface area contributed by atoms with Crippen LogP contribution in [-0.2, 0) is 0 Å². The van der Waals surface area contributed by atoms with Crippen molar-refractivity contribution >= 4 is 33.5 Å². The van der Waals surface area contributed by atoms with E-state index >= 15 is 0 Å². The van der Waals surface area contributed by atoms with Gasteiger partial charge in [0.15, 0.2) is 0 Å². The number of thiophene rings is 1. The summed E-state index contributed by atoms with van der Waals surface area (Å²) in [4.78, 5) is 27.1. The number of aryl methyl sites for hydroxylation is 1. The Hall–Kier alpha value is -2.91. The Morgan fingerprint density at radius 2 is 1.93 bits per heavy atom. The molecule has 3 N–H and O–H groups in total. The van der Waals surface area contributed by atoms with Gasteiger partial charge in [-0.3, -0.25) is 4.79 Å². The molecule has 9 heteroatoms. The van der Waals surface area contributed by atoms with E-state index in [-0.39, 0.29) is 25.1 Å². The molecule has 0 aliphatic heterocycles. The molecule has 0 radical (unpaired) electrons. The zero-order valence-electron chi connectivity index (χ0n) is 15.8. The molecule has 0 atom stereocenters. The number of urea groups is 1. The monoisotopic (exact) mass is 401 g/mol. The fourth-order valence-electron chi connectivity index (χ4n) is 2.72. The standard InChI is InChI=1S/C19H23N5O3S/c1-13-15-12-16(17(26)20-8-9-21-19(27)23(2)10-11-25)28-18(15)24(22-13)14-6-4-3-5-7-14/h3-7,12,25H,8-11H2,1-2H3,(H,20,26)(H,21,27). The molecule has 0 aliphatic carbocycles. The average molecular weight is 401 g/mol. The third-order valence-corrected chi connectivity index (χ3v) is 5.35. The van der Waals surface area contributed by atoms with Crippen LogP contribution in [0.4, 0.5) is 4.79 Å². The van der Waals surface area contributed by atoms with Crippen LogP contribution >= 0.6 is 11.3 Å². The number of amides is 3. The van der Waals surface area contributed by atoms with Crippen LogP contribution < -0.4 is 10.6 Å². The minimum atomic E-state index is -0.288. The molecule has 0 bridgehead atoms. The van der Waals surface area contributed by atoms with E-state index in [9.17, 15) is 9.59 Å². The number of hydrogen-bond donors (Lipinski definition) is 3. The molecule has 0 spiro atoms. The van der Waals surface area contributed by atoms with Crippen LogP contribution in [0.25, 0.3) is 15.9 Å². The van der Waals surface area contributed by atoms with Crippen LogP contribution in [0.1, 0.15) is 15.4 Å². The van der Waals surface area contributed by atoms with Gasteiger partial charge in [0.1, 0.15) is 4.83 Å². The summed E-state index contributed by atoms with van der Waals surface area (Å²) in [6.07, 6.45) is 0. The van der Waals surface area contributed by atoms with Crippen molar-refractivity contribution in [1.82, 2.24) is 25.3 Å². The molecule has 0 aliphatic rings. The number of nitrogens with one attached hydrogen (secondary N) is 2. The van der Waals surface area contributed by atoms with E-state index in [0.717, 1.165) is 21.6 Å². The molecule has 148 valence electrons. The Labute approximate surface area is 166 Å². The molecule has 2 aromatic heterocycles. The van der Waals surface area contributed by atoms with Crippen LogP contribution in [0, 0.1) is 6.92 Å². The van der Waals surface area contributed by atoms with E-state index in [1.165, 1.54) is 16.2 Å². The SMILES string of the molecule is Cc1nn(-c2ccccc2)c2sc(C(=O)NCCNC(=O)N(C)CCO)cc12. The number of para-hydroxylation sites is 1. The molecule has 1 aromatic carbocycles. The Bertz CT molecular complexity index is 967. The van der Waals surface area contributed by atoms with Crippen molar-refractivity contribution in [1.29, 1.82) is 0 Å². The molecule has 0 saturated heterocycles. The summed E-state index contributed by atoms with van der Waals surface area (Å²) in [5.41, 5.74) is 1.82. The Morgan fingerprint density at radius 1 is 1.21 bits per heavy atom. The molecule has 0 unspecified atom stereocenters. The number of carbonyl (C=O) groups is 2. The van der Waals surface area contributed by atoms with Gasteiger partial charge in [0.05, 0.1) is 22.9 Å². The number of nitrogens with zero attached hydrogens (tertiary/aromatic N) is 3. The van der Waals surface area contributed by atoms with Crippen molar-refractivity contribution in [2.45, 2.75) is 6.92 Å². The third kappa shape index (κ3) is 4.32. The summed E-state index contributed by atoms with van der Waals surface area (Å²) in [5, 5.41) is 19.9. The molecule has 3 amide bonds. The largest absolute Gasteiger partial charge is 0.395 e. The summed E-state index contributed by atoms with van der Waals surface area (Å²) >= 11 is 1.39. The molecule has 8 nitrogen and oxygen atoms in total. The van der Waals surface area contributed by atoms with E-state index in [4.69, 9.17) is 5.11 Å². The van der Waals surface area contributed by atoms with Gasteiger partial charge < -0.3 is 20.6 Å². The first-order chi connectivity index (χ1) is 13.5. The Kier molecular flexibility index (Phi) is 6.27. The summed E-state index contributed by atoms with van der Waals surface area (Å²) in [6, 6.07) is 11.4. The fourth-order valence-corrected chi connectivity index (χ4v) is 3.82. The van der Waals surface area contributed by atoms with Crippen molar-refractivity contribution in [3.8, 4) is 5.69 Å². The second-order valence-electron chi connectivity index (χ2n) is 6.30. The highest BCUT2D eigenvalue weighted by molar-refractivity contribution is 7.20. The molecule has 28 heavy (non-hydrogen) atoms. The summed E-state index contributed by atoms with van der Waals surface area (Å²) in [5.74, 6) is -0.182. The van der Waals surface area contributed by atoms with Crippen molar-refractivity contribution in [2.24, 2.45) is 0 Å². The predicted molar refractivity (Wildman–Crippen MR) is 109 cm³/mol. The second kappa shape index (κ2) is 8.85. The first-order valence-electron chi connectivity index (χ1n) is 8.94. The second-order valence-corrected chi connectivity index (χ2v) is 7.33. The van der Waals surface area contributed by atoms with E-state index < -0.39 is 0 Å². The summed E-state index contributed by atoms with van der Waals surface area (Å²) in [6.45, 7) is 2.72. The third-order valence-electron chi connectivity index (χ3n) is 4.24. The maximum Gasteiger partial charge on any atom is 0.317 e. The van der Waals surface area contributed by atoms with E-state index in [1.807, 2.05) is 48.0 Å². The molecule has 0 fully saturated rings. The predicted octanol–water partition coefficient (Wildman–Crippen LogP) is 1.76.